The van der Waals surface area contributed by atoms with Crippen LogP contribution in [0.3, 0.4) is 0 Å². The van der Waals surface area contributed by atoms with Gasteiger partial charge in [0, 0.05) is 13.1 Å². The third kappa shape index (κ3) is 5.87. The summed E-state index contributed by atoms with van der Waals surface area (Å²) in [7, 11) is 0. The Hall–Kier alpha value is -2.73. The molecule has 0 saturated carbocycles. The maximum Gasteiger partial charge on any atom is 0.272 e. The summed E-state index contributed by atoms with van der Waals surface area (Å²) in [6.07, 6.45) is 2.48. The fourth-order valence-electron chi connectivity index (χ4n) is 3.37. The molecule has 0 unspecified atom stereocenters. The molecule has 6 nitrogen and oxygen atoms in total. The Kier molecular flexibility index (Phi) is 7.36. The second-order valence-corrected chi connectivity index (χ2v) is 7.34. The zero-order valence-electron chi connectivity index (χ0n) is 17.1. The highest BCUT2D eigenvalue weighted by atomic mass is 16.6. The summed E-state index contributed by atoms with van der Waals surface area (Å²) in [6.45, 7) is 6.10. The van der Waals surface area contributed by atoms with Gasteiger partial charge in [0.05, 0.1) is 12.6 Å². The lowest BCUT2D eigenvalue weighted by molar-refractivity contribution is 0.0749. The Balaban J connectivity index is 1.70. The number of pyridine rings is 1. The number of aromatic nitrogens is 1. The van der Waals surface area contributed by atoms with Gasteiger partial charge >= 0.3 is 0 Å². The molecule has 1 aromatic carbocycles. The smallest absolute Gasteiger partial charge is 0.272 e. The van der Waals surface area contributed by atoms with Gasteiger partial charge in [-0.15, -0.1) is 0 Å². The molecule has 1 fully saturated rings. The van der Waals surface area contributed by atoms with Gasteiger partial charge in [0.1, 0.15) is 17.5 Å². The van der Waals surface area contributed by atoms with E-state index in [-0.39, 0.29) is 29.7 Å². The van der Waals surface area contributed by atoms with Crippen molar-refractivity contribution in [2.45, 2.75) is 45.3 Å². The summed E-state index contributed by atoms with van der Waals surface area (Å²) in [6, 6.07) is 14.9. The highest BCUT2D eigenvalue weighted by molar-refractivity contribution is 5.96. The predicted molar refractivity (Wildman–Crippen MR) is 112 cm³/mol. The number of carbonyl (C=O) groups excluding carboxylic acids is 2. The van der Waals surface area contributed by atoms with E-state index in [0.717, 1.165) is 18.4 Å². The van der Waals surface area contributed by atoms with Crippen LogP contribution in [0.25, 0.3) is 0 Å². The van der Waals surface area contributed by atoms with E-state index in [1.807, 2.05) is 44.2 Å². The molecule has 2 heterocycles. The molecule has 0 spiro atoms. The van der Waals surface area contributed by atoms with Crippen molar-refractivity contribution in [3.63, 3.8) is 0 Å². The van der Waals surface area contributed by atoms with Gasteiger partial charge in [-0.05, 0) is 37.0 Å². The first-order valence-electron chi connectivity index (χ1n) is 10.3. The van der Waals surface area contributed by atoms with Crippen molar-refractivity contribution in [3.05, 3.63) is 65.5 Å². The number of ether oxygens (including phenoxy) is 1. The summed E-state index contributed by atoms with van der Waals surface area (Å²) in [4.78, 5) is 31.8. The molecule has 3 rings (SSSR count). The number of hydrogen-bond acceptors (Lipinski definition) is 4. The van der Waals surface area contributed by atoms with Crippen molar-refractivity contribution in [1.82, 2.24) is 15.2 Å². The van der Waals surface area contributed by atoms with Crippen molar-refractivity contribution in [1.29, 1.82) is 0 Å². The number of rotatable bonds is 10. The number of carbonyl (C=O) groups is 2. The molecule has 1 saturated heterocycles. The van der Waals surface area contributed by atoms with E-state index in [4.69, 9.17) is 4.74 Å². The lowest BCUT2D eigenvalue weighted by Gasteiger charge is -2.21. The molecule has 1 aromatic heterocycles. The Bertz CT molecular complexity index is 815. The zero-order valence-corrected chi connectivity index (χ0v) is 17.1. The van der Waals surface area contributed by atoms with Crippen LogP contribution in [0, 0.1) is 0 Å². The third-order valence-electron chi connectivity index (χ3n) is 4.90. The normalized spacial score (nSPS) is 16.1. The Morgan fingerprint density at radius 1 is 1.07 bits per heavy atom. The van der Waals surface area contributed by atoms with Crippen molar-refractivity contribution < 1.29 is 14.3 Å². The highest BCUT2D eigenvalue weighted by Gasteiger charge is 2.34. The lowest BCUT2D eigenvalue weighted by Crippen LogP contribution is -2.41. The van der Waals surface area contributed by atoms with Crippen LogP contribution in [0.15, 0.2) is 48.5 Å². The molecule has 154 valence electrons. The average Bonchev–Trinajstić information content (AvgIpc) is 3.59. The van der Waals surface area contributed by atoms with Crippen molar-refractivity contribution in [2.75, 3.05) is 19.7 Å². The van der Waals surface area contributed by atoms with Crippen molar-refractivity contribution >= 4 is 11.8 Å². The zero-order chi connectivity index (χ0) is 20.6. The maximum atomic E-state index is 12.8. The van der Waals surface area contributed by atoms with E-state index in [1.54, 1.807) is 23.1 Å². The van der Waals surface area contributed by atoms with Gasteiger partial charge in [-0.1, -0.05) is 50.2 Å². The van der Waals surface area contributed by atoms with E-state index in [2.05, 4.69) is 10.3 Å². The molecule has 0 radical (unpaired) electrons. The second-order valence-electron chi connectivity index (χ2n) is 7.34. The van der Waals surface area contributed by atoms with Gasteiger partial charge in [0.25, 0.3) is 11.8 Å². The minimum Gasteiger partial charge on any atom is -0.371 e. The molecular weight excluding hydrogens is 366 g/mol. The molecule has 0 bridgehead atoms. The second kappa shape index (κ2) is 10.2. The highest BCUT2D eigenvalue weighted by Crippen LogP contribution is 2.18. The van der Waals surface area contributed by atoms with Crippen LogP contribution < -0.4 is 5.32 Å². The van der Waals surface area contributed by atoms with Crippen LogP contribution in [0.1, 0.15) is 53.2 Å². The predicted octanol–water partition coefficient (Wildman–Crippen LogP) is 3.08. The largest absolute Gasteiger partial charge is 0.371 e. The molecule has 2 aromatic rings. The van der Waals surface area contributed by atoms with E-state index >= 15 is 0 Å². The van der Waals surface area contributed by atoms with Gasteiger partial charge in [-0.25, -0.2) is 4.98 Å². The lowest BCUT2D eigenvalue weighted by atomic mass is 10.0. The molecule has 0 aliphatic carbocycles. The minimum atomic E-state index is -0.284. The SMILES string of the molecule is CCCN(CCC)C(=O)c1cccc(C(=O)N[C@@H](Cc2ccccc2)[C@@H]2CO2)n1. The summed E-state index contributed by atoms with van der Waals surface area (Å²) in [5.41, 5.74) is 1.70. The van der Waals surface area contributed by atoms with E-state index in [9.17, 15) is 9.59 Å². The van der Waals surface area contributed by atoms with Crippen LogP contribution in [-0.4, -0.2) is 53.5 Å². The van der Waals surface area contributed by atoms with Gasteiger partial charge < -0.3 is 15.0 Å². The number of epoxide rings is 1. The summed E-state index contributed by atoms with van der Waals surface area (Å²) >= 11 is 0. The van der Waals surface area contributed by atoms with Crippen LogP contribution in [0.5, 0.6) is 0 Å². The van der Waals surface area contributed by atoms with Crippen LogP contribution >= 0.6 is 0 Å². The van der Waals surface area contributed by atoms with Gasteiger partial charge in [-0.2, -0.15) is 0 Å². The van der Waals surface area contributed by atoms with Crippen LogP contribution in [-0.2, 0) is 11.2 Å². The molecule has 1 aliphatic heterocycles. The Labute approximate surface area is 172 Å². The molecule has 1 N–H and O–H groups in total. The molecule has 6 heteroatoms. The number of amides is 2. The maximum absolute atomic E-state index is 12.8. The van der Waals surface area contributed by atoms with Gasteiger partial charge in [0.2, 0.25) is 0 Å². The summed E-state index contributed by atoms with van der Waals surface area (Å²) in [5.74, 6) is -0.414. The van der Waals surface area contributed by atoms with E-state index in [0.29, 0.717) is 31.8 Å². The monoisotopic (exact) mass is 395 g/mol. The first kappa shape index (κ1) is 21.0. The average molecular weight is 396 g/mol. The fraction of sp³-hybridized carbons (Fsp3) is 0.435. The molecule has 1 aliphatic rings. The van der Waals surface area contributed by atoms with Crippen LogP contribution in [0.2, 0.25) is 0 Å². The van der Waals surface area contributed by atoms with Crippen molar-refractivity contribution in [2.24, 2.45) is 0 Å². The first-order chi connectivity index (χ1) is 14.1. The summed E-state index contributed by atoms with van der Waals surface area (Å²) < 4.78 is 5.43. The molecule has 29 heavy (non-hydrogen) atoms. The topological polar surface area (TPSA) is 74.8 Å². The third-order valence-corrected chi connectivity index (χ3v) is 4.90. The van der Waals surface area contributed by atoms with E-state index < -0.39 is 0 Å². The summed E-state index contributed by atoms with van der Waals surface area (Å²) in [5, 5.41) is 3.04. The molecule has 2 atom stereocenters. The Morgan fingerprint density at radius 2 is 1.72 bits per heavy atom. The quantitative estimate of drug-likeness (QED) is 0.628. The minimum absolute atomic E-state index is 0.0218. The van der Waals surface area contributed by atoms with Gasteiger partial charge in [0.15, 0.2) is 0 Å². The number of hydrogen-bond donors (Lipinski definition) is 1. The number of benzene rings is 1. The molecular formula is C23H29N3O3. The van der Waals surface area contributed by atoms with Crippen molar-refractivity contribution in [3.8, 4) is 0 Å². The number of nitrogens with zero attached hydrogens (tertiary/aromatic N) is 2. The van der Waals surface area contributed by atoms with E-state index in [1.165, 1.54) is 0 Å². The fourth-order valence-corrected chi connectivity index (χ4v) is 3.37. The standard InChI is InChI=1S/C23H29N3O3/c1-3-13-26(14-4-2)23(28)19-12-8-11-18(24-19)22(27)25-20(21-16-29-21)15-17-9-6-5-7-10-17/h5-12,20-21H,3-4,13-16H2,1-2H3,(H,25,27)/t20-,21-/m0/s1. The molecule has 2 amide bonds. The first-order valence-corrected chi connectivity index (χ1v) is 10.3. The Morgan fingerprint density at radius 3 is 2.34 bits per heavy atom. The number of nitrogens with one attached hydrogen (secondary N) is 1. The van der Waals surface area contributed by atoms with Crippen LogP contribution in [0.4, 0.5) is 0 Å². The van der Waals surface area contributed by atoms with Gasteiger partial charge in [-0.3, -0.25) is 9.59 Å².